The van der Waals surface area contributed by atoms with E-state index in [1.807, 2.05) is 18.2 Å². The number of fused-ring (bicyclic) bond motifs is 1. The van der Waals surface area contributed by atoms with Gasteiger partial charge in [-0.25, -0.2) is 0 Å². The number of aliphatic hydroxyl groups is 1. The first-order valence-electron chi connectivity index (χ1n) is 11.3. The summed E-state index contributed by atoms with van der Waals surface area (Å²) in [4.78, 5) is 16.3. The highest BCUT2D eigenvalue weighted by molar-refractivity contribution is 5.97. The Bertz CT molecular complexity index is 891. The van der Waals surface area contributed by atoms with Gasteiger partial charge in [0.1, 0.15) is 18.5 Å². The van der Waals surface area contributed by atoms with Gasteiger partial charge in [0.25, 0.3) is 0 Å². The minimum Gasteiger partial charge on any atom is -0.490 e. The van der Waals surface area contributed by atoms with Crippen molar-refractivity contribution in [2.75, 3.05) is 37.7 Å². The highest BCUT2D eigenvalue weighted by Crippen LogP contribution is 2.35. The summed E-state index contributed by atoms with van der Waals surface area (Å²) in [5.41, 5.74) is 3.36. The minimum atomic E-state index is -0.543. The van der Waals surface area contributed by atoms with Crippen molar-refractivity contribution in [1.29, 1.82) is 0 Å². The molecule has 31 heavy (non-hydrogen) atoms. The van der Waals surface area contributed by atoms with E-state index < -0.39 is 6.10 Å². The van der Waals surface area contributed by atoms with Crippen molar-refractivity contribution in [1.82, 2.24) is 4.90 Å². The second-order valence-corrected chi connectivity index (χ2v) is 8.50. The van der Waals surface area contributed by atoms with Crippen molar-refractivity contribution in [2.45, 2.75) is 37.7 Å². The molecular formula is C26H32N2O3. The number of rotatable bonds is 8. The van der Waals surface area contributed by atoms with Crippen LogP contribution >= 0.6 is 0 Å². The van der Waals surface area contributed by atoms with E-state index in [1.54, 1.807) is 11.0 Å². The number of piperidine rings is 1. The van der Waals surface area contributed by atoms with Gasteiger partial charge >= 0.3 is 0 Å². The lowest BCUT2D eigenvalue weighted by atomic mass is 9.89. The molecule has 164 valence electrons. The van der Waals surface area contributed by atoms with Crippen molar-refractivity contribution in [3.8, 4) is 5.75 Å². The van der Waals surface area contributed by atoms with E-state index in [0.717, 1.165) is 42.9 Å². The largest absolute Gasteiger partial charge is 0.490 e. The average molecular weight is 421 g/mol. The third-order valence-corrected chi connectivity index (χ3v) is 6.36. The summed E-state index contributed by atoms with van der Waals surface area (Å²) in [7, 11) is 0. The van der Waals surface area contributed by atoms with E-state index in [2.05, 4.69) is 41.8 Å². The van der Waals surface area contributed by atoms with Gasteiger partial charge in [-0.3, -0.25) is 4.79 Å². The number of amides is 1. The van der Waals surface area contributed by atoms with Gasteiger partial charge in [0.15, 0.2) is 0 Å². The summed E-state index contributed by atoms with van der Waals surface area (Å²) in [6.07, 6.45) is 4.58. The molecule has 2 aliphatic rings. The molecule has 0 spiro atoms. The monoisotopic (exact) mass is 420 g/mol. The second kappa shape index (κ2) is 10.1. The molecule has 2 aliphatic heterocycles. The van der Waals surface area contributed by atoms with Crippen LogP contribution in [0.3, 0.4) is 0 Å². The third kappa shape index (κ3) is 5.17. The van der Waals surface area contributed by atoms with E-state index in [1.165, 1.54) is 5.56 Å². The smallest absolute Gasteiger partial charge is 0.227 e. The van der Waals surface area contributed by atoms with E-state index in [-0.39, 0.29) is 12.5 Å². The average Bonchev–Trinajstić information content (AvgIpc) is 2.80. The molecule has 0 aromatic heterocycles. The fraction of sp³-hybridized carbons (Fsp3) is 0.423. The molecule has 5 heteroatoms. The van der Waals surface area contributed by atoms with Gasteiger partial charge in [-0.15, -0.1) is 6.58 Å². The summed E-state index contributed by atoms with van der Waals surface area (Å²) in [5, 5.41) is 10.6. The zero-order valence-electron chi connectivity index (χ0n) is 18.1. The number of carbonyl (C=O) groups excluding carboxylic acids is 1. The van der Waals surface area contributed by atoms with Gasteiger partial charge in [0.2, 0.25) is 5.91 Å². The maximum absolute atomic E-state index is 12.3. The Kier molecular flexibility index (Phi) is 7.05. The minimum absolute atomic E-state index is 0.114. The fourth-order valence-corrected chi connectivity index (χ4v) is 4.73. The molecule has 0 radical (unpaired) electrons. The summed E-state index contributed by atoms with van der Waals surface area (Å²) in [6.45, 7) is 7.12. The highest BCUT2D eigenvalue weighted by atomic mass is 16.5. The van der Waals surface area contributed by atoms with Crippen LogP contribution in [0, 0.1) is 0 Å². The van der Waals surface area contributed by atoms with Crippen LogP contribution in [0.4, 0.5) is 5.69 Å². The Morgan fingerprint density at radius 1 is 1.10 bits per heavy atom. The summed E-state index contributed by atoms with van der Waals surface area (Å²) >= 11 is 0. The van der Waals surface area contributed by atoms with Crippen molar-refractivity contribution in [3.63, 3.8) is 0 Å². The van der Waals surface area contributed by atoms with Gasteiger partial charge in [0, 0.05) is 25.1 Å². The molecule has 2 aromatic rings. The van der Waals surface area contributed by atoms with Gasteiger partial charge in [-0.05, 0) is 56.0 Å². The van der Waals surface area contributed by atoms with Crippen LogP contribution in [0.25, 0.3) is 0 Å². The molecule has 5 nitrogen and oxygen atoms in total. The Morgan fingerprint density at radius 3 is 2.61 bits per heavy atom. The molecule has 0 aliphatic carbocycles. The SMILES string of the molecule is C=CCN1C(=O)CCc2c(OCC(O)CN3CCC(c4ccccc4)CC3)cccc21. The number of ether oxygens (including phenoxy) is 1. The molecular weight excluding hydrogens is 388 g/mol. The number of carbonyl (C=O) groups is 1. The van der Waals surface area contributed by atoms with Gasteiger partial charge in [-0.1, -0.05) is 42.5 Å². The lowest BCUT2D eigenvalue weighted by Gasteiger charge is -2.33. The summed E-state index contributed by atoms with van der Waals surface area (Å²) in [6, 6.07) is 16.5. The van der Waals surface area contributed by atoms with Crippen molar-refractivity contribution in [3.05, 3.63) is 72.3 Å². The quantitative estimate of drug-likeness (QED) is 0.661. The van der Waals surface area contributed by atoms with Gasteiger partial charge < -0.3 is 19.6 Å². The van der Waals surface area contributed by atoms with Crippen molar-refractivity contribution < 1.29 is 14.6 Å². The first-order chi connectivity index (χ1) is 15.2. The van der Waals surface area contributed by atoms with Crippen LogP contribution in [0.1, 0.15) is 36.3 Å². The normalized spacial score (nSPS) is 18.5. The van der Waals surface area contributed by atoms with Crippen LogP contribution in [0.5, 0.6) is 5.75 Å². The number of benzene rings is 2. The predicted octanol–water partition coefficient (Wildman–Crippen LogP) is 3.77. The standard InChI is InChI=1S/C26H32N2O3/c1-2-15-28-24-9-6-10-25(23(24)11-12-26(28)30)31-19-22(29)18-27-16-13-21(14-17-27)20-7-4-3-5-8-20/h2-10,21-22,29H,1,11-19H2. The highest BCUT2D eigenvalue weighted by Gasteiger charge is 2.26. The lowest BCUT2D eigenvalue weighted by Crippen LogP contribution is -2.40. The fourth-order valence-electron chi connectivity index (χ4n) is 4.73. The molecule has 4 rings (SSSR count). The first kappa shape index (κ1) is 21.6. The maximum atomic E-state index is 12.3. The number of aliphatic hydroxyl groups excluding tert-OH is 1. The zero-order valence-corrected chi connectivity index (χ0v) is 18.1. The van der Waals surface area contributed by atoms with Crippen molar-refractivity contribution in [2.24, 2.45) is 0 Å². The molecule has 2 heterocycles. The van der Waals surface area contributed by atoms with Crippen LogP contribution in [0.15, 0.2) is 61.2 Å². The number of hydrogen-bond acceptors (Lipinski definition) is 4. The molecule has 1 atom stereocenters. The third-order valence-electron chi connectivity index (χ3n) is 6.36. The number of nitrogens with zero attached hydrogens (tertiary/aromatic N) is 2. The Morgan fingerprint density at radius 2 is 1.87 bits per heavy atom. The zero-order chi connectivity index (χ0) is 21.6. The van der Waals surface area contributed by atoms with Gasteiger partial charge in [-0.2, -0.15) is 0 Å². The number of anilines is 1. The lowest BCUT2D eigenvalue weighted by molar-refractivity contribution is -0.118. The second-order valence-electron chi connectivity index (χ2n) is 8.50. The Balaban J connectivity index is 1.29. The molecule has 2 aromatic carbocycles. The Hall–Kier alpha value is -2.63. The van der Waals surface area contributed by atoms with E-state index in [9.17, 15) is 9.90 Å². The van der Waals surface area contributed by atoms with Crippen molar-refractivity contribution >= 4 is 11.6 Å². The van der Waals surface area contributed by atoms with Crippen LogP contribution in [0.2, 0.25) is 0 Å². The summed E-state index contributed by atoms with van der Waals surface area (Å²) < 4.78 is 6.02. The van der Waals surface area contributed by atoms with Crippen LogP contribution in [-0.4, -0.2) is 54.8 Å². The van der Waals surface area contributed by atoms with Gasteiger partial charge in [0.05, 0.1) is 5.69 Å². The van der Waals surface area contributed by atoms with Crippen LogP contribution < -0.4 is 9.64 Å². The van der Waals surface area contributed by atoms with Crippen LogP contribution in [-0.2, 0) is 11.2 Å². The molecule has 1 fully saturated rings. The maximum Gasteiger partial charge on any atom is 0.227 e. The number of β-amino-alcohol motifs (C(OH)–C–C–N with tert-alkyl or cyclic N) is 1. The first-order valence-corrected chi connectivity index (χ1v) is 11.3. The molecule has 1 N–H and O–H groups in total. The predicted molar refractivity (Wildman–Crippen MR) is 124 cm³/mol. The molecule has 0 saturated carbocycles. The van der Waals surface area contributed by atoms with E-state index in [4.69, 9.17) is 4.74 Å². The molecule has 1 saturated heterocycles. The topological polar surface area (TPSA) is 53.0 Å². The number of hydrogen-bond donors (Lipinski definition) is 1. The molecule has 1 unspecified atom stereocenters. The van der Waals surface area contributed by atoms with E-state index in [0.29, 0.717) is 31.8 Å². The molecule has 1 amide bonds. The van der Waals surface area contributed by atoms with E-state index >= 15 is 0 Å². The molecule has 0 bridgehead atoms. The number of likely N-dealkylation sites (tertiary alicyclic amines) is 1. The Labute approximate surface area is 184 Å². The summed E-state index contributed by atoms with van der Waals surface area (Å²) in [5.74, 6) is 1.49.